The van der Waals surface area contributed by atoms with Gasteiger partial charge in [-0.2, -0.15) is 0 Å². The quantitative estimate of drug-likeness (QED) is 0.788. The van der Waals surface area contributed by atoms with Gasteiger partial charge in [-0.05, 0) is 11.6 Å². The highest BCUT2D eigenvalue weighted by molar-refractivity contribution is 6.01. The lowest BCUT2D eigenvalue weighted by atomic mass is 9.95. The van der Waals surface area contributed by atoms with Gasteiger partial charge in [0.2, 0.25) is 0 Å². The van der Waals surface area contributed by atoms with Gasteiger partial charge in [0.25, 0.3) is 0 Å². The van der Waals surface area contributed by atoms with E-state index in [1.807, 2.05) is 30.3 Å². The summed E-state index contributed by atoms with van der Waals surface area (Å²) in [6.45, 7) is 0. The van der Waals surface area contributed by atoms with Crippen LogP contribution in [0.1, 0.15) is 5.56 Å². The number of carbonyl (C=O) groups is 1. The van der Waals surface area contributed by atoms with Crippen LogP contribution < -0.4 is 0 Å². The summed E-state index contributed by atoms with van der Waals surface area (Å²) >= 11 is 0. The van der Waals surface area contributed by atoms with Crippen molar-refractivity contribution in [2.45, 2.75) is 12.5 Å². The second-order valence-electron chi connectivity index (χ2n) is 3.55. The summed E-state index contributed by atoms with van der Waals surface area (Å²) in [5, 5.41) is 9.35. The number of benzene rings is 1. The monoisotopic (exact) mass is 200 g/mol. The summed E-state index contributed by atoms with van der Waals surface area (Å²) in [4.78, 5) is 11.6. The second-order valence-corrected chi connectivity index (χ2v) is 3.55. The Hall–Kier alpha value is -1.67. The first kappa shape index (κ1) is 9.87. The van der Waals surface area contributed by atoms with Crippen molar-refractivity contribution in [3.05, 3.63) is 59.7 Å². The molecule has 0 fully saturated rings. The van der Waals surface area contributed by atoms with E-state index in [-0.39, 0.29) is 5.78 Å². The molecule has 0 saturated carbocycles. The molecule has 1 unspecified atom stereocenters. The third kappa shape index (κ3) is 2.22. The van der Waals surface area contributed by atoms with Crippen LogP contribution in [-0.4, -0.2) is 17.0 Å². The molecule has 1 aliphatic rings. The molecule has 2 rings (SSSR count). The van der Waals surface area contributed by atoms with E-state index in [1.165, 1.54) is 6.08 Å². The number of allylic oxidation sites excluding steroid dienone is 2. The lowest BCUT2D eigenvalue weighted by molar-refractivity contribution is -0.121. The largest absolute Gasteiger partial charge is 0.381 e. The Morgan fingerprint density at radius 1 is 1.20 bits per heavy atom. The number of aliphatic hydroxyl groups is 1. The molecule has 0 radical (unpaired) electrons. The number of carbonyl (C=O) groups excluding carboxylic acids is 1. The molecule has 1 aromatic carbocycles. The zero-order valence-electron chi connectivity index (χ0n) is 8.26. The van der Waals surface area contributed by atoms with Gasteiger partial charge >= 0.3 is 0 Å². The van der Waals surface area contributed by atoms with Crippen LogP contribution in [0.5, 0.6) is 0 Å². The molecule has 1 aromatic rings. The molecule has 1 atom stereocenters. The summed E-state index contributed by atoms with van der Waals surface area (Å²) in [6.07, 6.45) is 4.61. The Balaban J connectivity index is 2.16. The minimum absolute atomic E-state index is 0.193. The average molecular weight is 200 g/mol. The van der Waals surface area contributed by atoms with Gasteiger partial charge in [0.15, 0.2) is 5.78 Å². The predicted octanol–water partition coefficient (Wildman–Crippen LogP) is 1.66. The molecule has 76 valence electrons. The minimum Gasteiger partial charge on any atom is -0.381 e. The topological polar surface area (TPSA) is 37.3 Å². The van der Waals surface area contributed by atoms with Crippen molar-refractivity contribution in [2.75, 3.05) is 0 Å². The molecule has 15 heavy (non-hydrogen) atoms. The summed E-state index contributed by atoms with van der Waals surface area (Å²) in [7, 11) is 0. The molecule has 0 aromatic heterocycles. The zero-order chi connectivity index (χ0) is 10.7. The first-order chi connectivity index (χ1) is 7.27. The minimum atomic E-state index is -0.964. The summed E-state index contributed by atoms with van der Waals surface area (Å²) in [6, 6.07) is 9.76. The Morgan fingerprint density at radius 3 is 2.67 bits per heavy atom. The standard InChI is InChI=1S/C13H12O2/c14-12-8-4-7-11(13(12)15)9-10-5-2-1-3-6-10/h1-8,12,14H,9H2. The molecule has 0 heterocycles. The lowest BCUT2D eigenvalue weighted by Crippen LogP contribution is -2.22. The Kier molecular flexibility index (Phi) is 2.79. The van der Waals surface area contributed by atoms with E-state index >= 15 is 0 Å². The van der Waals surface area contributed by atoms with E-state index < -0.39 is 6.10 Å². The van der Waals surface area contributed by atoms with E-state index in [0.29, 0.717) is 12.0 Å². The van der Waals surface area contributed by atoms with E-state index in [9.17, 15) is 9.90 Å². The van der Waals surface area contributed by atoms with Crippen LogP contribution in [0.3, 0.4) is 0 Å². The van der Waals surface area contributed by atoms with Crippen molar-refractivity contribution in [3.8, 4) is 0 Å². The van der Waals surface area contributed by atoms with Gasteiger partial charge in [0.05, 0.1) is 0 Å². The van der Waals surface area contributed by atoms with Crippen molar-refractivity contribution < 1.29 is 9.90 Å². The molecule has 0 aliphatic heterocycles. The smallest absolute Gasteiger partial charge is 0.191 e. The van der Waals surface area contributed by atoms with Crippen LogP contribution in [0.25, 0.3) is 0 Å². The molecular weight excluding hydrogens is 188 g/mol. The van der Waals surface area contributed by atoms with Crippen molar-refractivity contribution in [3.63, 3.8) is 0 Å². The molecule has 1 aliphatic carbocycles. The van der Waals surface area contributed by atoms with Crippen LogP contribution in [0.2, 0.25) is 0 Å². The molecule has 2 heteroatoms. The number of Topliss-reactive ketones (excluding diaryl/α,β-unsaturated/α-hetero) is 1. The zero-order valence-corrected chi connectivity index (χ0v) is 8.26. The average Bonchev–Trinajstić information content (AvgIpc) is 2.26. The van der Waals surface area contributed by atoms with Crippen molar-refractivity contribution >= 4 is 5.78 Å². The highest BCUT2D eigenvalue weighted by Gasteiger charge is 2.19. The van der Waals surface area contributed by atoms with Gasteiger partial charge in [-0.15, -0.1) is 0 Å². The summed E-state index contributed by atoms with van der Waals surface area (Å²) in [5.74, 6) is -0.193. The van der Waals surface area contributed by atoms with Crippen LogP contribution in [0.15, 0.2) is 54.1 Å². The molecule has 0 spiro atoms. The Morgan fingerprint density at radius 2 is 1.93 bits per heavy atom. The van der Waals surface area contributed by atoms with E-state index in [1.54, 1.807) is 12.2 Å². The predicted molar refractivity (Wildman–Crippen MR) is 58.4 cm³/mol. The number of ketones is 1. The van der Waals surface area contributed by atoms with Crippen LogP contribution >= 0.6 is 0 Å². The number of rotatable bonds is 2. The van der Waals surface area contributed by atoms with Crippen molar-refractivity contribution in [1.82, 2.24) is 0 Å². The molecule has 0 saturated heterocycles. The number of hydrogen-bond acceptors (Lipinski definition) is 2. The van der Waals surface area contributed by atoms with Crippen molar-refractivity contribution in [2.24, 2.45) is 0 Å². The lowest BCUT2D eigenvalue weighted by Gasteiger charge is -2.12. The van der Waals surface area contributed by atoms with Gasteiger partial charge in [-0.25, -0.2) is 0 Å². The fraction of sp³-hybridized carbons (Fsp3) is 0.154. The van der Waals surface area contributed by atoms with E-state index in [2.05, 4.69) is 0 Å². The van der Waals surface area contributed by atoms with Crippen LogP contribution in [0, 0.1) is 0 Å². The van der Waals surface area contributed by atoms with Crippen LogP contribution in [-0.2, 0) is 11.2 Å². The molecule has 0 amide bonds. The fourth-order valence-corrected chi connectivity index (χ4v) is 1.60. The van der Waals surface area contributed by atoms with Gasteiger partial charge in [-0.3, -0.25) is 4.79 Å². The van der Waals surface area contributed by atoms with Gasteiger partial charge in [0, 0.05) is 12.0 Å². The van der Waals surface area contributed by atoms with Gasteiger partial charge < -0.3 is 5.11 Å². The Bertz CT molecular complexity index is 415. The maximum atomic E-state index is 11.6. The first-order valence-corrected chi connectivity index (χ1v) is 4.91. The highest BCUT2D eigenvalue weighted by atomic mass is 16.3. The molecule has 1 N–H and O–H groups in total. The van der Waals surface area contributed by atoms with Crippen molar-refractivity contribution in [1.29, 1.82) is 0 Å². The van der Waals surface area contributed by atoms with Gasteiger partial charge in [0.1, 0.15) is 6.10 Å². The third-order valence-corrected chi connectivity index (χ3v) is 2.41. The first-order valence-electron chi connectivity index (χ1n) is 4.91. The highest BCUT2D eigenvalue weighted by Crippen LogP contribution is 2.14. The van der Waals surface area contributed by atoms with Crippen LogP contribution in [0.4, 0.5) is 0 Å². The number of hydrogen-bond donors (Lipinski definition) is 1. The summed E-state index contributed by atoms with van der Waals surface area (Å²) < 4.78 is 0. The second kappa shape index (κ2) is 4.24. The fourth-order valence-electron chi connectivity index (χ4n) is 1.60. The van der Waals surface area contributed by atoms with E-state index in [4.69, 9.17) is 0 Å². The Labute approximate surface area is 88.6 Å². The van der Waals surface area contributed by atoms with E-state index in [0.717, 1.165) is 5.56 Å². The SMILES string of the molecule is O=C1C(Cc2ccccc2)=CC=CC1O. The molecule has 0 bridgehead atoms. The number of aliphatic hydroxyl groups excluding tert-OH is 1. The molecular formula is C13H12O2. The van der Waals surface area contributed by atoms with Gasteiger partial charge in [-0.1, -0.05) is 42.5 Å². The maximum Gasteiger partial charge on any atom is 0.191 e. The summed E-state index contributed by atoms with van der Waals surface area (Å²) in [5.41, 5.74) is 1.75. The normalized spacial score (nSPS) is 20.2. The molecule has 2 nitrogen and oxygen atoms in total. The maximum absolute atomic E-state index is 11.6. The third-order valence-electron chi connectivity index (χ3n) is 2.41.